The SMILES string of the molecule is COc1cc(/C=N\NC(=O)COc2cccc(Cl)c2Cl)ccc1OC(=O)c1ccc(C)cc1. The van der Waals surface area contributed by atoms with Crippen LogP contribution >= 0.6 is 23.2 Å². The number of amides is 1. The molecule has 3 aromatic rings. The van der Waals surface area contributed by atoms with E-state index in [0.717, 1.165) is 5.56 Å². The number of benzene rings is 3. The number of carbonyl (C=O) groups is 2. The molecule has 0 unspecified atom stereocenters. The molecule has 3 aromatic carbocycles. The van der Waals surface area contributed by atoms with Gasteiger partial charge in [0.2, 0.25) is 0 Å². The molecule has 0 heterocycles. The van der Waals surface area contributed by atoms with Crippen molar-refractivity contribution in [2.24, 2.45) is 5.10 Å². The fourth-order valence-corrected chi connectivity index (χ4v) is 2.99. The summed E-state index contributed by atoms with van der Waals surface area (Å²) in [5.41, 5.74) is 4.43. The van der Waals surface area contributed by atoms with Crippen LogP contribution in [0.3, 0.4) is 0 Å². The first-order valence-corrected chi connectivity index (χ1v) is 10.5. The van der Waals surface area contributed by atoms with Crippen LogP contribution < -0.4 is 19.6 Å². The number of rotatable bonds is 8. The molecular formula is C24H20Cl2N2O5. The number of halogens is 2. The molecule has 0 aromatic heterocycles. The summed E-state index contributed by atoms with van der Waals surface area (Å²) in [7, 11) is 1.46. The Kier molecular flexibility index (Phi) is 8.29. The second-order valence-corrected chi connectivity index (χ2v) is 7.58. The largest absolute Gasteiger partial charge is 0.493 e. The molecule has 1 amide bonds. The predicted octanol–water partition coefficient (Wildman–Crippen LogP) is 5.06. The summed E-state index contributed by atoms with van der Waals surface area (Å²) >= 11 is 11.9. The molecule has 0 aliphatic heterocycles. The van der Waals surface area contributed by atoms with Crippen molar-refractivity contribution >= 4 is 41.3 Å². The molecule has 170 valence electrons. The third kappa shape index (κ3) is 6.71. The number of carbonyl (C=O) groups excluding carboxylic acids is 2. The fraction of sp³-hybridized carbons (Fsp3) is 0.125. The van der Waals surface area contributed by atoms with E-state index in [2.05, 4.69) is 10.5 Å². The molecule has 3 rings (SSSR count). The van der Waals surface area contributed by atoms with E-state index in [1.807, 2.05) is 19.1 Å². The van der Waals surface area contributed by atoms with Crippen LogP contribution in [0.25, 0.3) is 0 Å². The smallest absolute Gasteiger partial charge is 0.343 e. The summed E-state index contributed by atoms with van der Waals surface area (Å²) in [4.78, 5) is 24.3. The van der Waals surface area contributed by atoms with Crippen LogP contribution in [0.4, 0.5) is 0 Å². The number of esters is 1. The van der Waals surface area contributed by atoms with Gasteiger partial charge >= 0.3 is 5.97 Å². The van der Waals surface area contributed by atoms with Gasteiger partial charge in [-0.2, -0.15) is 5.10 Å². The number of hydrazone groups is 1. The Morgan fingerprint density at radius 2 is 1.76 bits per heavy atom. The molecule has 9 heteroatoms. The number of hydrogen-bond donors (Lipinski definition) is 1. The summed E-state index contributed by atoms with van der Waals surface area (Å²) in [6.07, 6.45) is 1.42. The van der Waals surface area contributed by atoms with Gasteiger partial charge in [-0.05, 0) is 55.0 Å². The van der Waals surface area contributed by atoms with Gasteiger partial charge in [-0.3, -0.25) is 4.79 Å². The van der Waals surface area contributed by atoms with Crippen molar-refractivity contribution in [1.29, 1.82) is 0 Å². The molecule has 0 fully saturated rings. The minimum atomic E-state index is -0.498. The molecular weight excluding hydrogens is 467 g/mol. The minimum Gasteiger partial charge on any atom is -0.493 e. The van der Waals surface area contributed by atoms with Gasteiger partial charge in [-0.25, -0.2) is 10.2 Å². The van der Waals surface area contributed by atoms with Crippen molar-refractivity contribution in [3.8, 4) is 17.2 Å². The van der Waals surface area contributed by atoms with E-state index >= 15 is 0 Å². The van der Waals surface area contributed by atoms with Gasteiger partial charge < -0.3 is 14.2 Å². The molecule has 0 radical (unpaired) electrons. The standard InChI is InChI=1S/C24H20Cl2N2O5/c1-15-6-9-17(10-7-15)24(30)33-19-11-8-16(12-21(19)31-2)13-27-28-22(29)14-32-20-5-3-4-18(25)23(20)26/h3-13H,14H2,1-2H3,(H,28,29)/b27-13-. The van der Waals surface area contributed by atoms with Gasteiger partial charge in [-0.1, -0.05) is 47.0 Å². The minimum absolute atomic E-state index is 0.228. The monoisotopic (exact) mass is 486 g/mol. The lowest BCUT2D eigenvalue weighted by atomic mass is 10.1. The second kappa shape index (κ2) is 11.4. The zero-order chi connectivity index (χ0) is 23.8. The molecule has 0 saturated heterocycles. The predicted molar refractivity (Wildman–Crippen MR) is 127 cm³/mol. The Bertz CT molecular complexity index is 1180. The van der Waals surface area contributed by atoms with E-state index in [9.17, 15) is 9.59 Å². The van der Waals surface area contributed by atoms with Crippen LogP contribution in [0.15, 0.2) is 65.8 Å². The molecule has 0 aliphatic carbocycles. The van der Waals surface area contributed by atoms with Crippen molar-refractivity contribution in [3.63, 3.8) is 0 Å². The zero-order valence-electron chi connectivity index (χ0n) is 17.8. The Hall–Kier alpha value is -3.55. The molecule has 0 bridgehead atoms. The second-order valence-electron chi connectivity index (χ2n) is 6.80. The van der Waals surface area contributed by atoms with Crippen LogP contribution in [0, 0.1) is 6.92 Å². The maximum absolute atomic E-state index is 12.4. The summed E-state index contributed by atoms with van der Waals surface area (Å²) in [6, 6.07) is 16.8. The van der Waals surface area contributed by atoms with E-state index in [1.165, 1.54) is 13.3 Å². The Balaban J connectivity index is 1.57. The Labute approximate surface area is 200 Å². The van der Waals surface area contributed by atoms with Gasteiger partial charge in [0.1, 0.15) is 10.8 Å². The topological polar surface area (TPSA) is 86.2 Å². The number of ether oxygens (including phenoxy) is 3. The van der Waals surface area contributed by atoms with Crippen molar-refractivity contribution < 1.29 is 23.8 Å². The average Bonchev–Trinajstić information content (AvgIpc) is 2.81. The fourth-order valence-electron chi connectivity index (χ4n) is 2.65. The summed E-state index contributed by atoms with van der Waals surface area (Å²) < 4.78 is 16.1. The molecule has 0 spiro atoms. The third-order valence-electron chi connectivity index (χ3n) is 4.36. The molecule has 7 nitrogen and oxygen atoms in total. The summed E-state index contributed by atoms with van der Waals surface area (Å²) in [5, 5.41) is 4.44. The first-order chi connectivity index (χ1) is 15.9. The quantitative estimate of drug-likeness (QED) is 0.208. The highest BCUT2D eigenvalue weighted by Gasteiger charge is 2.13. The first-order valence-electron chi connectivity index (χ1n) is 9.73. The van der Waals surface area contributed by atoms with Gasteiger partial charge in [0.05, 0.1) is 23.9 Å². The van der Waals surface area contributed by atoms with Crippen LogP contribution in [-0.2, 0) is 4.79 Å². The lowest BCUT2D eigenvalue weighted by Gasteiger charge is -2.10. The van der Waals surface area contributed by atoms with E-state index in [-0.39, 0.29) is 17.4 Å². The van der Waals surface area contributed by atoms with Gasteiger partial charge in [0.25, 0.3) is 5.91 Å². The lowest BCUT2D eigenvalue weighted by molar-refractivity contribution is -0.123. The number of methoxy groups -OCH3 is 1. The van der Waals surface area contributed by atoms with Gasteiger partial charge in [0.15, 0.2) is 18.1 Å². The van der Waals surface area contributed by atoms with Crippen molar-refractivity contribution in [2.75, 3.05) is 13.7 Å². The highest BCUT2D eigenvalue weighted by Crippen LogP contribution is 2.31. The normalized spacial score (nSPS) is 10.7. The lowest BCUT2D eigenvalue weighted by Crippen LogP contribution is -2.24. The maximum atomic E-state index is 12.4. The average molecular weight is 487 g/mol. The Morgan fingerprint density at radius 3 is 2.48 bits per heavy atom. The number of hydrogen-bond acceptors (Lipinski definition) is 6. The van der Waals surface area contributed by atoms with Crippen LogP contribution in [0.2, 0.25) is 10.0 Å². The highest BCUT2D eigenvalue weighted by molar-refractivity contribution is 6.42. The number of nitrogens with zero attached hydrogens (tertiary/aromatic N) is 1. The van der Waals surface area contributed by atoms with E-state index in [1.54, 1.807) is 48.5 Å². The van der Waals surface area contributed by atoms with Gasteiger partial charge in [-0.15, -0.1) is 0 Å². The van der Waals surface area contributed by atoms with Crippen molar-refractivity contribution in [3.05, 3.63) is 87.4 Å². The highest BCUT2D eigenvalue weighted by atomic mass is 35.5. The summed E-state index contributed by atoms with van der Waals surface area (Å²) in [6.45, 7) is 1.64. The third-order valence-corrected chi connectivity index (χ3v) is 5.16. The molecule has 0 saturated carbocycles. The molecule has 33 heavy (non-hydrogen) atoms. The van der Waals surface area contributed by atoms with Crippen molar-refractivity contribution in [2.45, 2.75) is 6.92 Å². The van der Waals surface area contributed by atoms with E-state index < -0.39 is 11.9 Å². The number of nitrogens with one attached hydrogen (secondary N) is 1. The van der Waals surface area contributed by atoms with Crippen LogP contribution in [0.1, 0.15) is 21.5 Å². The Morgan fingerprint density at radius 1 is 1.00 bits per heavy atom. The van der Waals surface area contributed by atoms with Crippen LogP contribution in [-0.4, -0.2) is 31.8 Å². The first kappa shape index (κ1) is 24.1. The molecule has 1 N–H and O–H groups in total. The maximum Gasteiger partial charge on any atom is 0.343 e. The van der Waals surface area contributed by atoms with Crippen LogP contribution in [0.5, 0.6) is 17.2 Å². The van der Waals surface area contributed by atoms with E-state index in [0.29, 0.717) is 27.6 Å². The number of aryl methyl sites for hydroxylation is 1. The molecule has 0 aliphatic rings. The van der Waals surface area contributed by atoms with E-state index in [4.69, 9.17) is 37.4 Å². The summed E-state index contributed by atoms with van der Waals surface area (Å²) in [5.74, 6) is -0.0933. The zero-order valence-corrected chi connectivity index (χ0v) is 19.3. The van der Waals surface area contributed by atoms with Crippen molar-refractivity contribution in [1.82, 2.24) is 5.43 Å². The molecule has 0 atom stereocenters. The van der Waals surface area contributed by atoms with Gasteiger partial charge in [0, 0.05) is 0 Å².